The first-order valence-corrected chi connectivity index (χ1v) is 9.15. The molecule has 1 amide bonds. The number of hydrogen-bond acceptors (Lipinski definition) is 4. The fourth-order valence-electron chi connectivity index (χ4n) is 2.81. The van der Waals surface area contributed by atoms with Gasteiger partial charge in [-0.2, -0.15) is 0 Å². The Kier molecular flexibility index (Phi) is 4.24. The second-order valence-electron chi connectivity index (χ2n) is 5.93. The molecule has 1 aliphatic rings. The third-order valence-corrected chi connectivity index (χ3v) is 5.01. The van der Waals surface area contributed by atoms with Gasteiger partial charge in [0, 0.05) is 16.7 Å². The molecule has 1 aromatic heterocycles. The number of para-hydroxylation sites is 1. The minimum Gasteiger partial charge on any atom is -0.301 e. The van der Waals surface area contributed by atoms with Crippen LogP contribution >= 0.6 is 11.8 Å². The SMILES string of the molecule is Cc1ccc(-c2cc(C(=O)NC3=NCCS3)c3ccccc3n2)cc1. The maximum absolute atomic E-state index is 12.8. The first-order chi connectivity index (χ1) is 12.2. The van der Waals surface area contributed by atoms with Gasteiger partial charge in [-0.15, -0.1) is 0 Å². The molecule has 0 radical (unpaired) electrons. The predicted molar refractivity (Wildman–Crippen MR) is 104 cm³/mol. The van der Waals surface area contributed by atoms with Crippen LogP contribution in [0.3, 0.4) is 0 Å². The zero-order chi connectivity index (χ0) is 17.2. The van der Waals surface area contributed by atoms with Crippen LogP contribution in [0.4, 0.5) is 0 Å². The molecule has 0 atom stereocenters. The normalized spacial score (nSPS) is 13.7. The van der Waals surface area contributed by atoms with E-state index in [1.165, 1.54) is 5.56 Å². The monoisotopic (exact) mass is 347 g/mol. The fraction of sp³-hybridized carbons (Fsp3) is 0.150. The van der Waals surface area contributed by atoms with Crippen molar-refractivity contribution in [1.82, 2.24) is 10.3 Å². The maximum atomic E-state index is 12.8. The van der Waals surface area contributed by atoms with Crippen LogP contribution in [0.25, 0.3) is 22.2 Å². The van der Waals surface area contributed by atoms with Crippen LogP contribution in [0.15, 0.2) is 59.6 Å². The second kappa shape index (κ2) is 6.69. The lowest BCUT2D eigenvalue weighted by molar-refractivity contribution is 0.0979. The molecule has 0 fully saturated rings. The van der Waals surface area contributed by atoms with E-state index in [0.29, 0.717) is 10.7 Å². The van der Waals surface area contributed by atoms with Gasteiger partial charge >= 0.3 is 0 Å². The number of nitrogens with one attached hydrogen (secondary N) is 1. The molecule has 1 aliphatic heterocycles. The van der Waals surface area contributed by atoms with Crippen molar-refractivity contribution in [3.8, 4) is 11.3 Å². The van der Waals surface area contributed by atoms with Gasteiger partial charge in [-0.25, -0.2) is 4.98 Å². The summed E-state index contributed by atoms with van der Waals surface area (Å²) >= 11 is 1.58. The first kappa shape index (κ1) is 15.8. The zero-order valence-electron chi connectivity index (χ0n) is 13.8. The van der Waals surface area contributed by atoms with Crippen molar-refractivity contribution >= 4 is 33.7 Å². The van der Waals surface area contributed by atoms with Gasteiger partial charge in [-0.1, -0.05) is 59.8 Å². The van der Waals surface area contributed by atoms with Crippen LogP contribution in [-0.2, 0) is 0 Å². The van der Waals surface area contributed by atoms with Crippen LogP contribution in [0.2, 0.25) is 0 Å². The Balaban J connectivity index is 1.81. The van der Waals surface area contributed by atoms with E-state index < -0.39 is 0 Å². The number of nitrogens with zero attached hydrogens (tertiary/aromatic N) is 2. The zero-order valence-corrected chi connectivity index (χ0v) is 14.6. The molecule has 5 heteroatoms. The lowest BCUT2D eigenvalue weighted by Gasteiger charge is -2.10. The minimum atomic E-state index is -0.139. The molecule has 25 heavy (non-hydrogen) atoms. The lowest BCUT2D eigenvalue weighted by Crippen LogP contribution is -2.27. The van der Waals surface area contributed by atoms with E-state index in [4.69, 9.17) is 4.98 Å². The number of thioether (sulfide) groups is 1. The van der Waals surface area contributed by atoms with E-state index in [1.807, 2.05) is 42.5 Å². The van der Waals surface area contributed by atoms with Gasteiger partial charge < -0.3 is 5.32 Å². The quantitative estimate of drug-likeness (QED) is 0.761. The van der Waals surface area contributed by atoms with Gasteiger partial charge in [0.2, 0.25) is 0 Å². The first-order valence-electron chi connectivity index (χ1n) is 8.16. The van der Waals surface area contributed by atoms with Crippen molar-refractivity contribution in [3.05, 3.63) is 65.7 Å². The molecule has 3 aromatic rings. The number of hydrogen-bond donors (Lipinski definition) is 1. The van der Waals surface area contributed by atoms with Crippen LogP contribution < -0.4 is 5.32 Å². The summed E-state index contributed by atoms with van der Waals surface area (Å²) in [6, 6.07) is 17.8. The molecular weight excluding hydrogens is 330 g/mol. The van der Waals surface area contributed by atoms with Crippen molar-refractivity contribution in [3.63, 3.8) is 0 Å². The largest absolute Gasteiger partial charge is 0.301 e. The molecule has 0 saturated carbocycles. The van der Waals surface area contributed by atoms with E-state index in [2.05, 4.69) is 29.4 Å². The number of benzene rings is 2. The van der Waals surface area contributed by atoms with Gasteiger partial charge in [0.15, 0.2) is 5.17 Å². The Bertz CT molecular complexity index is 980. The van der Waals surface area contributed by atoms with Gasteiger partial charge in [-0.3, -0.25) is 9.79 Å². The van der Waals surface area contributed by atoms with Crippen molar-refractivity contribution in [2.75, 3.05) is 12.3 Å². The van der Waals surface area contributed by atoms with E-state index in [0.717, 1.165) is 34.5 Å². The van der Waals surface area contributed by atoms with Crippen molar-refractivity contribution in [2.24, 2.45) is 4.99 Å². The number of aromatic nitrogens is 1. The van der Waals surface area contributed by atoms with Gasteiger partial charge in [0.25, 0.3) is 5.91 Å². The summed E-state index contributed by atoms with van der Waals surface area (Å²) in [5.41, 5.74) is 4.42. The molecule has 1 N–H and O–H groups in total. The highest BCUT2D eigenvalue weighted by molar-refractivity contribution is 8.14. The molecular formula is C20H17N3OS. The number of rotatable bonds is 2. The fourth-order valence-corrected chi connectivity index (χ4v) is 3.53. The lowest BCUT2D eigenvalue weighted by atomic mass is 10.0. The molecule has 4 nitrogen and oxygen atoms in total. The third kappa shape index (κ3) is 3.28. The second-order valence-corrected chi connectivity index (χ2v) is 7.01. The molecule has 2 heterocycles. The maximum Gasteiger partial charge on any atom is 0.257 e. The summed E-state index contributed by atoms with van der Waals surface area (Å²) < 4.78 is 0. The number of pyridine rings is 1. The standard InChI is InChI=1S/C20H17N3OS/c1-13-6-8-14(9-7-13)18-12-16(15-4-2-3-5-17(15)22-18)19(24)23-20-21-10-11-25-20/h2-9,12H,10-11H2,1H3,(H,21,23,24). The van der Waals surface area contributed by atoms with Crippen LogP contribution in [0, 0.1) is 6.92 Å². The Labute approximate surface area is 150 Å². The Hall–Kier alpha value is -2.66. The number of carbonyl (C=O) groups excluding carboxylic acids is 1. The highest BCUT2D eigenvalue weighted by Crippen LogP contribution is 2.25. The molecule has 0 unspecified atom stereocenters. The minimum absolute atomic E-state index is 0.139. The topological polar surface area (TPSA) is 54.4 Å². The number of amides is 1. The summed E-state index contributed by atoms with van der Waals surface area (Å²) in [5, 5.41) is 4.47. The van der Waals surface area contributed by atoms with Crippen molar-refractivity contribution in [2.45, 2.75) is 6.92 Å². The summed E-state index contributed by atoms with van der Waals surface area (Å²) in [5.74, 6) is 0.779. The molecule has 4 rings (SSSR count). The van der Waals surface area contributed by atoms with Crippen LogP contribution in [0.1, 0.15) is 15.9 Å². The molecule has 2 aromatic carbocycles. The van der Waals surface area contributed by atoms with Crippen molar-refractivity contribution < 1.29 is 4.79 Å². The number of aryl methyl sites for hydroxylation is 1. The Morgan fingerprint density at radius 3 is 2.68 bits per heavy atom. The summed E-state index contributed by atoms with van der Waals surface area (Å²) in [6.45, 7) is 2.81. The Morgan fingerprint density at radius 1 is 1.12 bits per heavy atom. The molecule has 0 bridgehead atoms. The van der Waals surface area contributed by atoms with Crippen molar-refractivity contribution in [1.29, 1.82) is 0 Å². The molecule has 0 aliphatic carbocycles. The smallest absolute Gasteiger partial charge is 0.257 e. The number of carbonyl (C=O) groups is 1. The van der Waals surface area contributed by atoms with E-state index in [-0.39, 0.29) is 5.91 Å². The van der Waals surface area contributed by atoms with E-state index >= 15 is 0 Å². The van der Waals surface area contributed by atoms with E-state index in [9.17, 15) is 4.79 Å². The Morgan fingerprint density at radius 2 is 1.92 bits per heavy atom. The van der Waals surface area contributed by atoms with E-state index in [1.54, 1.807) is 11.8 Å². The highest BCUT2D eigenvalue weighted by atomic mass is 32.2. The number of aliphatic imine (C=N–C) groups is 1. The molecule has 0 saturated heterocycles. The summed E-state index contributed by atoms with van der Waals surface area (Å²) in [7, 11) is 0. The van der Waals surface area contributed by atoms with Gasteiger partial charge in [0.1, 0.15) is 0 Å². The summed E-state index contributed by atoms with van der Waals surface area (Å²) in [6.07, 6.45) is 0. The van der Waals surface area contributed by atoms with Gasteiger partial charge in [-0.05, 0) is 19.1 Å². The third-order valence-electron chi connectivity index (χ3n) is 4.11. The predicted octanol–water partition coefficient (Wildman–Crippen LogP) is 4.04. The van der Waals surface area contributed by atoms with Crippen LogP contribution in [0.5, 0.6) is 0 Å². The van der Waals surface area contributed by atoms with Gasteiger partial charge in [0.05, 0.1) is 23.3 Å². The average Bonchev–Trinajstić information content (AvgIpc) is 3.14. The highest BCUT2D eigenvalue weighted by Gasteiger charge is 2.17. The van der Waals surface area contributed by atoms with Crippen LogP contribution in [-0.4, -0.2) is 28.4 Å². The molecule has 0 spiro atoms. The molecule has 124 valence electrons. The number of fused-ring (bicyclic) bond motifs is 1. The average molecular weight is 347 g/mol. The summed E-state index contributed by atoms with van der Waals surface area (Å²) in [4.78, 5) is 21.9. The number of amidine groups is 1.